The van der Waals surface area contributed by atoms with E-state index in [0.717, 1.165) is 5.57 Å². The van der Waals surface area contributed by atoms with E-state index in [4.69, 9.17) is 4.52 Å². The van der Waals surface area contributed by atoms with Gasteiger partial charge in [-0.15, -0.1) is 0 Å². The van der Waals surface area contributed by atoms with Gasteiger partial charge in [-0.05, 0) is 19.4 Å². The minimum Gasteiger partial charge on any atom is -0.339 e. The van der Waals surface area contributed by atoms with E-state index in [0.29, 0.717) is 18.1 Å². The summed E-state index contributed by atoms with van der Waals surface area (Å²) >= 11 is 0. The summed E-state index contributed by atoms with van der Waals surface area (Å²) in [6.07, 6.45) is 8.32. The Morgan fingerprint density at radius 1 is 1.57 bits per heavy atom. The summed E-state index contributed by atoms with van der Waals surface area (Å²) in [5.74, 6) is 1.28. The van der Waals surface area contributed by atoms with Crippen molar-refractivity contribution in [3.05, 3.63) is 48.2 Å². The molecule has 0 aliphatic rings. The van der Waals surface area contributed by atoms with Crippen molar-refractivity contribution < 1.29 is 4.52 Å². The van der Waals surface area contributed by atoms with Gasteiger partial charge in [-0.25, -0.2) is 0 Å². The van der Waals surface area contributed by atoms with E-state index in [2.05, 4.69) is 16.7 Å². The van der Waals surface area contributed by atoms with Crippen LogP contribution in [-0.4, -0.2) is 10.1 Å². The molecule has 0 aliphatic carbocycles. The van der Waals surface area contributed by atoms with Crippen LogP contribution in [0, 0.1) is 6.92 Å². The van der Waals surface area contributed by atoms with Crippen molar-refractivity contribution in [2.24, 2.45) is 0 Å². The molecule has 0 radical (unpaired) electrons. The van der Waals surface area contributed by atoms with Gasteiger partial charge in [-0.3, -0.25) is 0 Å². The van der Waals surface area contributed by atoms with Crippen molar-refractivity contribution in [2.75, 3.05) is 0 Å². The lowest BCUT2D eigenvalue weighted by atomic mass is 10.1. The third-order valence-corrected chi connectivity index (χ3v) is 1.69. The molecule has 0 fully saturated rings. The fourth-order valence-corrected chi connectivity index (χ4v) is 1.01. The van der Waals surface area contributed by atoms with Gasteiger partial charge >= 0.3 is 0 Å². The van der Waals surface area contributed by atoms with Gasteiger partial charge in [0.25, 0.3) is 0 Å². The average molecular weight is 190 g/mol. The highest BCUT2D eigenvalue weighted by molar-refractivity contribution is 5.24. The van der Waals surface area contributed by atoms with Gasteiger partial charge in [0.05, 0.1) is 6.42 Å². The molecule has 0 aromatic carbocycles. The standard InChI is InChI=1S/C11H14N2O/c1-4-6-7-10(5-2)8-11-12-9(3)13-14-11/h4-7H,2,8H2,1,3H3/b6-4-,10-7+. The molecule has 0 aliphatic heterocycles. The summed E-state index contributed by atoms with van der Waals surface area (Å²) in [4.78, 5) is 4.12. The summed E-state index contributed by atoms with van der Waals surface area (Å²) in [7, 11) is 0. The van der Waals surface area contributed by atoms with Gasteiger partial charge in [0.15, 0.2) is 5.82 Å². The highest BCUT2D eigenvalue weighted by Crippen LogP contribution is 2.06. The molecule has 3 heteroatoms. The summed E-state index contributed by atoms with van der Waals surface area (Å²) < 4.78 is 5.00. The third-order valence-electron chi connectivity index (χ3n) is 1.69. The van der Waals surface area contributed by atoms with Gasteiger partial charge in [-0.1, -0.05) is 36.0 Å². The zero-order valence-electron chi connectivity index (χ0n) is 8.53. The Balaban J connectivity index is 2.70. The van der Waals surface area contributed by atoms with Crippen molar-refractivity contribution in [3.63, 3.8) is 0 Å². The lowest BCUT2D eigenvalue weighted by molar-refractivity contribution is 0.381. The number of aryl methyl sites for hydroxylation is 1. The van der Waals surface area contributed by atoms with Gasteiger partial charge < -0.3 is 4.52 Å². The number of rotatable bonds is 4. The molecule has 1 heterocycles. The molecule has 0 bridgehead atoms. The van der Waals surface area contributed by atoms with Crippen LogP contribution in [0.5, 0.6) is 0 Å². The van der Waals surface area contributed by atoms with Crippen LogP contribution in [0.3, 0.4) is 0 Å². The molecule has 74 valence electrons. The first-order chi connectivity index (χ1) is 6.76. The van der Waals surface area contributed by atoms with Gasteiger partial charge in [0.1, 0.15) is 0 Å². The summed E-state index contributed by atoms with van der Waals surface area (Å²) in [5.41, 5.74) is 1.06. The Hall–Kier alpha value is -1.64. The Morgan fingerprint density at radius 2 is 2.36 bits per heavy atom. The predicted molar refractivity (Wildman–Crippen MR) is 55.8 cm³/mol. The van der Waals surface area contributed by atoms with Crippen molar-refractivity contribution in [1.29, 1.82) is 0 Å². The van der Waals surface area contributed by atoms with Gasteiger partial charge in [0, 0.05) is 0 Å². The van der Waals surface area contributed by atoms with Crippen LogP contribution >= 0.6 is 0 Å². The van der Waals surface area contributed by atoms with E-state index in [1.54, 1.807) is 13.0 Å². The molecule has 1 aromatic heterocycles. The molecule has 0 N–H and O–H groups in total. The molecule has 0 atom stereocenters. The minimum absolute atomic E-state index is 0.623. The molecule has 0 saturated heterocycles. The Morgan fingerprint density at radius 3 is 2.86 bits per heavy atom. The van der Waals surface area contributed by atoms with E-state index < -0.39 is 0 Å². The normalized spacial score (nSPS) is 12.3. The second-order valence-electron chi connectivity index (χ2n) is 2.88. The van der Waals surface area contributed by atoms with Gasteiger partial charge in [0.2, 0.25) is 5.89 Å². The highest BCUT2D eigenvalue weighted by Gasteiger charge is 2.03. The summed E-state index contributed by atoms with van der Waals surface area (Å²) in [5, 5.41) is 3.72. The number of nitrogens with zero attached hydrogens (tertiary/aromatic N) is 2. The Bertz CT molecular complexity index is 361. The first kappa shape index (κ1) is 10.4. The lowest BCUT2D eigenvalue weighted by Crippen LogP contribution is -1.87. The second kappa shape index (κ2) is 5.17. The molecule has 14 heavy (non-hydrogen) atoms. The average Bonchev–Trinajstić information content (AvgIpc) is 2.58. The first-order valence-electron chi connectivity index (χ1n) is 4.49. The first-order valence-corrected chi connectivity index (χ1v) is 4.49. The second-order valence-corrected chi connectivity index (χ2v) is 2.88. The maximum Gasteiger partial charge on any atom is 0.231 e. The van der Waals surface area contributed by atoms with Crippen LogP contribution in [0.25, 0.3) is 0 Å². The third kappa shape index (κ3) is 3.01. The molecular weight excluding hydrogens is 176 g/mol. The molecule has 0 spiro atoms. The minimum atomic E-state index is 0.623. The molecule has 1 aromatic rings. The molecule has 1 rings (SSSR count). The monoisotopic (exact) mass is 190 g/mol. The maximum atomic E-state index is 5.00. The summed E-state index contributed by atoms with van der Waals surface area (Å²) in [6, 6.07) is 0. The molecule has 0 amide bonds. The smallest absolute Gasteiger partial charge is 0.231 e. The molecule has 0 saturated carbocycles. The van der Waals surface area contributed by atoms with Crippen LogP contribution in [0.15, 0.2) is 41.0 Å². The number of allylic oxidation sites excluding steroid dienone is 5. The van der Waals surface area contributed by atoms with E-state index in [1.165, 1.54) is 0 Å². The fraction of sp³-hybridized carbons (Fsp3) is 0.273. The predicted octanol–water partition coefficient (Wildman–Crippen LogP) is 2.61. The van der Waals surface area contributed by atoms with Crippen LogP contribution in [0.1, 0.15) is 18.6 Å². The molecule has 3 nitrogen and oxygen atoms in total. The van der Waals surface area contributed by atoms with Crippen LogP contribution in [-0.2, 0) is 6.42 Å². The van der Waals surface area contributed by atoms with Crippen molar-refractivity contribution >= 4 is 0 Å². The zero-order valence-corrected chi connectivity index (χ0v) is 8.53. The van der Waals surface area contributed by atoms with Gasteiger partial charge in [-0.2, -0.15) is 4.98 Å². The van der Waals surface area contributed by atoms with E-state index in [1.807, 2.05) is 25.2 Å². The summed E-state index contributed by atoms with van der Waals surface area (Å²) in [6.45, 7) is 7.49. The number of hydrogen-bond acceptors (Lipinski definition) is 3. The fourth-order valence-electron chi connectivity index (χ4n) is 1.01. The van der Waals surface area contributed by atoms with E-state index in [-0.39, 0.29) is 0 Å². The lowest BCUT2D eigenvalue weighted by Gasteiger charge is -1.94. The number of aromatic nitrogens is 2. The van der Waals surface area contributed by atoms with Crippen molar-refractivity contribution in [3.8, 4) is 0 Å². The quantitative estimate of drug-likeness (QED) is 0.685. The SMILES string of the molecule is C=C/C(=C\C=C/C)Cc1nc(C)no1. The van der Waals surface area contributed by atoms with Crippen LogP contribution in [0.4, 0.5) is 0 Å². The highest BCUT2D eigenvalue weighted by atomic mass is 16.5. The van der Waals surface area contributed by atoms with Crippen LogP contribution < -0.4 is 0 Å². The Labute approximate surface area is 83.8 Å². The Kier molecular flexibility index (Phi) is 3.85. The largest absolute Gasteiger partial charge is 0.339 e. The molecule has 0 unspecified atom stereocenters. The van der Waals surface area contributed by atoms with Crippen molar-refractivity contribution in [1.82, 2.24) is 10.1 Å². The number of hydrogen-bond donors (Lipinski definition) is 0. The van der Waals surface area contributed by atoms with Crippen LogP contribution in [0.2, 0.25) is 0 Å². The van der Waals surface area contributed by atoms with E-state index in [9.17, 15) is 0 Å². The zero-order chi connectivity index (χ0) is 10.4. The van der Waals surface area contributed by atoms with E-state index >= 15 is 0 Å². The maximum absolute atomic E-state index is 5.00. The topological polar surface area (TPSA) is 38.9 Å². The van der Waals surface area contributed by atoms with Crippen molar-refractivity contribution in [2.45, 2.75) is 20.3 Å². The molecular formula is C11H14N2O.